The summed E-state index contributed by atoms with van der Waals surface area (Å²) in [6.07, 6.45) is 14.2. The second-order valence-electron chi connectivity index (χ2n) is 28.3. The Morgan fingerprint density at radius 3 is 1.02 bits per heavy atom. The lowest BCUT2D eigenvalue weighted by Gasteiger charge is -2.08. The Labute approximate surface area is 753 Å². The number of fused-ring (bicyclic) bond motifs is 9. The molecular formula is C84H89ClN18O16S8. The van der Waals surface area contributed by atoms with Crippen LogP contribution in [0.2, 0.25) is 0 Å². The van der Waals surface area contributed by atoms with Crippen molar-refractivity contribution in [1.82, 2.24) is 86.4 Å². The minimum Gasteiger partial charge on any atom is -0.481 e. The van der Waals surface area contributed by atoms with Crippen LogP contribution in [-0.2, 0) is 132 Å². The molecule has 3 N–H and O–H groups in total. The number of aliphatic carboxylic acids is 1. The van der Waals surface area contributed by atoms with Gasteiger partial charge in [0.1, 0.15) is 0 Å². The molecule has 6 aromatic carbocycles. The summed E-state index contributed by atoms with van der Waals surface area (Å²) >= 11 is 9.86. The number of carbonyl (C=O) groups is 2. The summed E-state index contributed by atoms with van der Waals surface area (Å²) in [5.41, 5.74) is 6.44. The van der Waals surface area contributed by atoms with Gasteiger partial charge in [0.2, 0.25) is 9.05 Å². The SMILES string of the molecule is COC(=O)CCc1nc2ccccc2s1.CS(=O)(=O)Cl.CS(=O)(=O)OCCCc1nc2ccccc2s1.Cn1cnc2c1c(=O)[nH]c(=O)n2C.Cn1cnc2c1c(=O)n(CCCc1nc3ccccc3s1)c(=O)n2C.Cn1cnc2c1c(=O)n(CCCc1nc3ccccc3s1)c(=O)n2C.O=C(O)CCc1nc2ccccc2s1.OCCCc1nc2ccccc2s1. The number of nitrogens with one attached hydrogen (secondary N) is 1. The topological polar surface area (TPSA) is 435 Å². The summed E-state index contributed by atoms with van der Waals surface area (Å²) in [5, 5.41) is 23.3. The molecule has 43 heteroatoms. The molecule has 0 fully saturated rings. The number of nitrogens with zero attached hydrogens (tertiary/aromatic N) is 17. The van der Waals surface area contributed by atoms with Gasteiger partial charge in [-0.2, -0.15) is 8.42 Å². The maximum Gasteiger partial charge on any atom is 0.332 e. The summed E-state index contributed by atoms with van der Waals surface area (Å²) < 4.78 is 68.1. The van der Waals surface area contributed by atoms with Crippen molar-refractivity contribution in [3.63, 3.8) is 0 Å². The number of H-pyrrole nitrogens is 1. The molecule has 12 aromatic heterocycles. The standard InChI is InChI=1S/2C17H17N5O2S.C11H13NO3S2.C11H11NO2S.C10H9NO2S.C10H11NOS.C7H8N4O2.CH3ClO2S/c2*1-20-10-18-15-14(20)16(23)22(17(24)21(15)2)9-5-8-13-19-11-6-3-4-7-12(11)25-13;1-17(13,14)15-8-4-7-11-12-9-5-2-3-6-10(9)16-11;1-14-11(13)7-6-10-12-8-4-2-3-5-9(8)15-10;12-10(13)6-5-9-11-7-3-1-2-4-8(7)14-9;12-7-3-6-10-11-8-4-1-2-5-9(8)13-10;1-10-3-8-5-4(10)6(12)9-7(13)11(5)2;1-5(2,3)4/h2*3-4,6-7,10H,5,8-9H2,1-2H3;2-3,5-6H,4,7-8H2,1H3;2-5H,6-7H2,1H3;1-4H,5-6H2,(H,12,13);1-2,4-5,12H,3,6-7H2;3H,1-2H3,(H,9,12,13);1H3. The Kier molecular flexibility index (Phi) is 33.6. The van der Waals surface area contributed by atoms with E-state index in [-0.39, 0.29) is 48.1 Å². The van der Waals surface area contributed by atoms with Crippen molar-refractivity contribution in [1.29, 1.82) is 0 Å². The van der Waals surface area contributed by atoms with Crippen LogP contribution < -0.4 is 33.7 Å². The molecule has 0 atom stereocenters. The molecule has 0 saturated carbocycles. The smallest absolute Gasteiger partial charge is 0.332 e. The van der Waals surface area contributed by atoms with Gasteiger partial charge in [0, 0.05) is 111 Å². The van der Waals surface area contributed by atoms with Crippen LogP contribution in [-0.4, -0.2) is 158 Å². The third kappa shape index (κ3) is 26.4. The summed E-state index contributed by atoms with van der Waals surface area (Å²) in [5.74, 6) is -0.960. The van der Waals surface area contributed by atoms with Crippen molar-refractivity contribution in [2.24, 2.45) is 42.3 Å². The molecule has 0 amide bonds. The lowest BCUT2D eigenvalue weighted by atomic mass is 10.3. The molecule has 34 nitrogen and oxygen atoms in total. The molecule has 0 spiro atoms. The molecule has 0 aliphatic carbocycles. The van der Waals surface area contributed by atoms with Gasteiger partial charge in [-0.3, -0.25) is 56.0 Å². The number of esters is 1. The number of aryl methyl sites for hydroxylation is 12. The molecule has 18 rings (SSSR count). The molecule has 12 heterocycles. The Balaban J connectivity index is 0.000000145. The van der Waals surface area contributed by atoms with Crippen LogP contribution >= 0.6 is 78.7 Å². The zero-order chi connectivity index (χ0) is 91.2. The van der Waals surface area contributed by atoms with Crippen molar-refractivity contribution in [2.75, 3.05) is 32.8 Å². The summed E-state index contributed by atoms with van der Waals surface area (Å²) in [7, 11) is 9.45. The number of carboxylic acids is 1. The number of hydrogen-bond donors (Lipinski definition) is 3. The van der Waals surface area contributed by atoms with Gasteiger partial charge in [-0.25, -0.2) is 67.7 Å². The van der Waals surface area contributed by atoms with Crippen molar-refractivity contribution >= 4 is 205 Å². The number of para-hydroxylation sites is 6. The first kappa shape index (κ1) is 95.8. The van der Waals surface area contributed by atoms with E-state index in [1.165, 1.54) is 41.0 Å². The van der Waals surface area contributed by atoms with Crippen LogP contribution in [0.4, 0.5) is 0 Å². The lowest BCUT2D eigenvalue weighted by molar-refractivity contribution is -0.140. The third-order valence-corrected chi connectivity index (χ3v) is 25.8. The molecule has 666 valence electrons. The normalized spacial score (nSPS) is 11.3. The van der Waals surface area contributed by atoms with Crippen LogP contribution in [0.1, 0.15) is 68.6 Å². The van der Waals surface area contributed by atoms with Crippen molar-refractivity contribution in [2.45, 2.75) is 90.1 Å². The molecule has 0 aliphatic heterocycles. The van der Waals surface area contributed by atoms with E-state index in [0.29, 0.717) is 85.1 Å². The molecule has 18 aromatic rings. The van der Waals surface area contributed by atoms with Gasteiger partial charge in [0.15, 0.2) is 33.5 Å². The number of halogens is 1. The van der Waals surface area contributed by atoms with Crippen LogP contribution in [0.25, 0.3) is 94.8 Å². The number of carbonyl (C=O) groups excluding carboxylic acids is 1. The quantitative estimate of drug-likeness (QED) is 0.0245. The Morgan fingerprint density at radius 2 is 0.717 bits per heavy atom. The maximum absolute atomic E-state index is 12.6. The highest BCUT2D eigenvalue weighted by atomic mass is 35.7. The fourth-order valence-corrected chi connectivity index (χ4v) is 19.0. The maximum atomic E-state index is 12.6. The molecular weight excluding hydrogens is 1810 g/mol. The molecule has 127 heavy (non-hydrogen) atoms. The monoisotopic (exact) mass is 1900 g/mol. The number of aliphatic hydroxyl groups is 1. The first-order valence-electron chi connectivity index (χ1n) is 39.2. The van der Waals surface area contributed by atoms with E-state index in [1.807, 2.05) is 140 Å². The van der Waals surface area contributed by atoms with Gasteiger partial charge >= 0.3 is 29.0 Å². The van der Waals surface area contributed by atoms with Crippen LogP contribution in [0.15, 0.2) is 193 Å². The van der Waals surface area contributed by atoms with E-state index in [4.69, 9.17) is 10.2 Å². The second-order valence-corrected chi connectivity index (χ2v) is 39.6. The fourth-order valence-electron chi connectivity index (χ4n) is 12.6. The summed E-state index contributed by atoms with van der Waals surface area (Å²) in [4.78, 5) is 135. The van der Waals surface area contributed by atoms with Gasteiger partial charge in [-0.05, 0) is 98.5 Å². The van der Waals surface area contributed by atoms with E-state index in [0.717, 1.165) is 131 Å². The number of carboxylic acid groups (broad SMARTS) is 1. The van der Waals surface area contributed by atoms with Gasteiger partial charge in [-0.1, -0.05) is 72.8 Å². The number of imidazole rings is 3. The number of methoxy groups -OCH3 is 1. The largest absolute Gasteiger partial charge is 0.481 e. The van der Waals surface area contributed by atoms with E-state index in [9.17, 15) is 55.2 Å². The third-order valence-electron chi connectivity index (χ3n) is 18.7. The van der Waals surface area contributed by atoms with Crippen LogP contribution in [0.5, 0.6) is 0 Å². The number of benzene rings is 6. The molecule has 0 unspecified atom stereocenters. The minimum atomic E-state index is -3.32. The molecule has 0 aliphatic rings. The van der Waals surface area contributed by atoms with Crippen LogP contribution in [0, 0.1) is 0 Å². The lowest BCUT2D eigenvalue weighted by Crippen LogP contribution is -2.39. The number of aromatic nitrogens is 18. The van der Waals surface area contributed by atoms with Gasteiger partial charge in [0.05, 0.1) is 149 Å². The van der Waals surface area contributed by atoms with Gasteiger partial charge in [-0.15, -0.1) is 68.0 Å². The van der Waals surface area contributed by atoms with Crippen molar-refractivity contribution in [3.8, 4) is 0 Å². The van der Waals surface area contributed by atoms with E-state index in [2.05, 4.69) is 75.5 Å². The molecule has 0 saturated heterocycles. The number of ether oxygens (including phenoxy) is 1. The highest BCUT2D eigenvalue weighted by Crippen LogP contribution is 2.28. The first-order valence-corrected chi connectivity index (χ1v) is 48.7. The van der Waals surface area contributed by atoms with Crippen molar-refractivity contribution < 1.29 is 45.6 Å². The summed E-state index contributed by atoms with van der Waals surface area (Å²) in [6, 6.07) is 47.9. The predicted octanol–water partition coefficient (Wildman–Crippen LogP) is 11.6. The molecule has 0 radical (unpaired) electrons. The Bertz CT molecular complexity index is 7140. The highest BCUT2D eigenvalue weighted by molar-refractivity contribution is 8.13. The average molecular weight is 1900 g/mol. The number of rotatable bonds is 22. The number of hydrogen-bond acceptors (Lipinski definition) is 30. The van der Waals surface area contributed by atoms with Crippen molar-refractivity contribution in [3.05, 3.63) is 257 Å². The average Bonchev–Trinajstić information content (AvgIpc) is 1.65. The van der Waals surface area contributed by atoms with E-state index in [1.54, 1.807) is 137 Å². The van der Waals surface area contributed by atoms with Crippen LogP contribution in [0.3, 0.4) is 0 Å². The van der Waals surface area contributed by atoms with Gasteiger partial charge in [0.25, 0.3) is 26.8 Å². The van der Waals surface area contributed by atoms with Gasteiger partial charge < -0.3 is 28.7 Å². The number of aliphatic hydroxyl groups excluding tert-OH is 1. The Morgan fingerprint density at radius 1 is 0.425 bits per heavy atom. The Hall–Kier alpha value is -11.8. The fraction of sp³-hybridized carbons (Fsp3) is 0.298. The first-order chi connectivity index (χ1) is 60.7. The zero-order valence-corrected chi connectivity index (χ0v) is 77.5. The predicted molar refractivity (Wildman–Crippen MR) is 503 cm³/mol. The molecule has 0 bridgehead atoms. The highest BCUT2D eigenvalue weighted by Gasteiger charge is 2.19. The zero-order valence-electron chi connectivity index (χ0n) is 70.3. The number of aromatic amines is 1. The van der Waals surface area contributed by atoms with E-state index < -0.39 is 36.4 Å². The minimum absolute atomic E-state index is 0.153. The summed E-state index contributed by atoms with van der Waals surface area (Å²) in [6.45, 7) is 1.19. The number of thiazole rings is 6. The second kappa shape index (κ2) is 44.5. The van der Waals surface area contributed by atoms with E-state index >= 15 is 0 Å².